The van der Waals surface area contributed by atoms with Gasteiger partial charge in [-0.15, -0.1) is 0 Å². The van der Waals surface area contributed by atoms with Gasteiger partial charge in [-0.3, -0.25) is 24.6 Å². The van der Waals surface area contributed by atoms with Crippen molar-refractivity contribution in [3.05, 3.63) is 111 Å². The van der Waals surface area contributed by atoms with Crippen LogP contribution in [-0.4, -0.2) is 21.7 Å². The highest BCUT2D eigenvalue weighted by molar-refractivity contribution is 6.51. The van der Waals surface area contributed by atoms with E-state index in [2.05, 4.69) is 0 Å². The number of non-ortho nitro benzene ring substituents is 1. The maximum atomic E-state index is 13.0. The van der Waals surface area contributed by atoms with Gasteiger partial charge in [0.25, 0.3) is 17.4 Å². The zero-order chi connectivity index (χ0) is 22.1. The maximum Gasteiger partial charge on any atom is 0.300 e. The number of anilines is 1. The van der Waals surface area contributed by atoms with E-state index in [4.69, 9.17) is 11.6 Å². The monoisotopic (exact) mass is 434 g/mol. The van der Waals surface area contributed by atoms with Crippen LogP contribution < -0.4 is 4.90 Å². The number of rotatable bonds is 4. The molecule has 0 saturated carbocycles. The van der Waals surface area contributed by atoms with E-state index in [0.29, 0.717) is 16.3 Å². The molecule has 1 saturated heterocycles. The van der Waals surface area contributed by atoms with Gasteiger partial charge in [-0.05, 0) is 42.0 Å². The Hall–Kier alpha value is -3.97. The van der Waals surface area contributed by atoms with Gasteiger partial charge in [0.15, 0.2) is 0 Å². The number of amides is 1. The van der Waals surface area contributed by atoms with Gasteiger partial charge in [0.05, 0.1) is 16.5 Å². The van der Waals surface area contributed by atoms with Crippen molar-refractivity contribution < 1.29 is 19.6 Å². The molecule has 0 aromatic heterocycles. The number of aliphatic hydroxyl groups is 1. The van der Waals surface area contributed by atoms with Crippen molar-refractivity contribution in [2.24, 2.45) is 0 Å². The van der Waals surface area contributed by atoms with Gasteiger partial charge in [0, 0.05) is 28.4 Å². The Morgan fingerprint density at radius 2 is 1.55 bits per heavy atom. The molecule has 31 heavy (non-hydrogen) atoms. The van der Waals surface area contributed by atoms with Crippen LogP contribution in [0, 0.1) is 10.1 Å². The van der Waals surface area contributed by atoms with Crippen LogP contribution in [0.2, 0.25) is 5.02 Å². The summed E-state index contributed by atoms with van der Waals surface area (Å²) in [5.41, 5.74) is 0.999. The lowest BCUT2D eigenvalue weighted by Crippen LogP contribution is -2.29. The first-order chi connectivity index (χ1) is 14.9. The third-order valence-corrected chi connectivity index (χ3v) is 5.27. The number of para-hydroxylation sites is 1. The van der Waals surface area contributed by atoms with Crippen molar-refractivity contribution in [3.8, 4) is 0 Å². The molecule has 1 fully saturated rings. The number of nitro groups is 1. The Morgan fingerprint density at radius 1 is 0.935 bits per heavy atom. The van der Waals surface area contributed by atoms with Gasteiger partial charge in [-0.1, -0.05) is 41.9 Å². The summed E-state index contributed by atoms with van der Waals surface area (Å²) in [7, 11) is 0. The first-order valence-electron chi connectivity index (χ1n) is 9.25. The number of aliphatic hydroxyl groups excluding tert-OH is 1. The Balaban J connectivity index is 1.91. The van der Waals surface area contributed by atoms with Crippen molar-refractivity contribution in [2.45, 2.75) is 6.04 Å². The largest absolute Gasteiger partial charge is 0.507 e. The van der Waals surface area contributed by atoms with Crippen LogP contribution >= 0.6 is 11.6 Å². The molecule has 1 heterocycles. The number of carbonyl (C=O) groups excluding carboxylic acids is 2. The lowest BCUT2D eigenvalue weighted by molar-refractivity contribution is -0.384. The molecule has 1 amide bonds. The molecule has 0 spiro atoms. The van der Waals surface area contributed by atoms with Crippen LogP contribution in [0.4, 0.5) is 11.4 Å². The molecule has 7 nitrogen and oxygen atoms in total. The summed E-state index contributed by atoms with van der Waals surface area (Å²) in [6, 6.07) is 19.5. The Labute approximate surface area is 182 Å². The van der Waals surface area contributed by atoms with Gasteiger partial charge in [-0.25, -0.2) is 0 Å². The molecule has 1 aliphatic rings. The number of nitro benzene ring substituents is 1. The molecular formula is C23H15ClN2O5. The first kappa shape index (κ1) is 20.3. The summed E-state index contributed by atoms with van der Waals surface area (Å²) in [4.78, 5) is 37.6. The van der Waals surface area contributed by atoms with E-state index < -0.39 is 28.4 Å². The average molecular weight is 435 g/mol. The van der Waals surface area contributed by atoms with Crippen molar-refractivity contribution >= 4 is 40.4 Å². The molecule has 1 atom stereocenters. The minimum atomic E-state index is -0.894. The predicted octanol–water partition coefficient (Wildman–Crippen LogP) is 4.87. The molecular weight excluding hydrogens is 420 g/mol. The highest BCUT2D eigenvalue weighted by atomic mass is 35.5. The van der Waals surface area contributed by atoms with Crippen molar-refractivity contribution in [1.82, 2.24) is 0 Å². The number of halogens is 1. The molecule has 0 aliphatic carbocycles. The number of ketones is 1. The molecule has 154 valence electrons. The minimum absolute atomic E-state index is 0.106. The fourth-order valence-electron chi connectivity index (χ4n) is 3.54. The normalized spacial score (nSPS) is 17.7. The van der Waals surface area contributed by atoms with E-state index in [0.717, 1.165) is 0 Å². The van der Waals surface area contributed by atoms with Crippen LogP contribution in [0.15, 0.2) is 84.4 Å². The van der Waals surface area contributed by atoms with Gasteiger partial charge < -0.3 is 5.11 Å². The van der Waals surface area contributed by atoms with E-state index in [-0.39, 0.29) is 16.8 Å². The van der Waals surface area contributed by atoms with Crippen molar-refractivity contribution in [2.75, 3.05) is 4.90 Å². The molecule has 1 N–H and O–H groups in total. The summed E-state index contributed by atoms with van der Waals surface area (Å²) in [6.45, 7) is 0. The third kappa shape index (κ3) is 3.67. The van der Waals surface area contributed by atoms with Crippen LogP contribution in [0.3, 0.4) is 0 Å². The Morgan fingerprint density at radius 3 is 2.13 bits per heavy atom. The Kier molecular flexibility index (Phi) is 5.27. The summed E-state index contributed by atoms with van der Waals surface area (Å²) >= 11 is 6.00. The number of nitrogens with zero attached hydrogens (tertiary/aromatic N) is 2. The number of hydrogen-bond donors (Lipinski definition) is 1. The SMILES string of the molecule is O=C1C(=O)N(c2ccccc2)C(c2ccc(Cl)cc2)C1=C(O)c1ccc([N+](=O)[O-])cc1. The average Bonchev–Trinajstić information content (AvgIpc) is 3.05. The fourth-order valence-corrected chi connectivity index (χ4v) is 3.67. The van der Waals surface area contributed by atoms with Crippen LogP contribution in [-0.2, 0) is 9.59 Å². The van der Waals surface area contributed by atoms with Crippen LogP contribution in [0.1, 0.15) is 17.2 Å². The highest BCUT2D eigenvalue weighted by Crippen LogP contribution is 2.42. The van der Waals surface area contributed by atoms with Gasteiger partial charge in [0.1, 0.15) is 5.76 Å². The lowest BCUT2D eigenvalue weighted by atomic mass is 9.95. The summed E-state index contributed by atoms with van der Waals surface area (Å²) in [5, 5.41) is 22.4. The summed E-state index contributed by atoms with van der Waals surface area (Å²) in [6.07, 6.45) is 0. The molecule has 0 radical (unpaired) electrons. The zero-order valence-corrected chi connectivity index (χ0v) is 16.7. The second-order valence-corrected chi connectivity index (χ2v) is 7.30. The number of benzene rings is 3. The van der Waals surface area contributed by atoms with E-state index in [9.17, 15) is 24.8 Å². The second-order valence-electron chi connectivity index (χ2n) is 6.86. The molecule has 3 aromatic carbocycles. The van der Waals surface area contributed by atoms with Gasteiger partial charge in [0.2, 0.25) is 0 Å². The van der Waals surface area contributed by atoms with Gasteiger partial charge in [-0.2, -0.15) is 0 Å². The molecule has 1 unspecified atom stereocenters. The standard InChI is InChI=1S/C23H15ClN2O5/c24-16-10-6-14(7-11-16)20-19(21(27)15-8-12-18(13-9-15)26(30)31)22(28)23(29)25(20)17-4-2-1-3-5-17/h1-13,20,27H. The molecule has 0 bridgehead atoms. The Bertz CT molecular complexity index is 1200. The second kappa shape index (κ2) is 8.04. The van der Waals surface area contributed by atoms with E-state index >= 15 is 0 Å². The minimum Gasteiger partial charge on any atom is -0.507 e. The lowest BCUT2D eigenvalue weighted by Gasteiger charge is -2.25. The zero-order valence-electron chi connectivity index (χ0n) is 15.9. The number of hydrogen-bond acceptors (Lipinski definition) is 5. The van der Waals surface area contributed by atoms with Crippen molar-refractivity contribution in [3.63, 3.8) is 0 Å². The van der Waals surface area contributed by atoms with E-state index in [1.54, 1.807) is 54.6 Å². The first-order valence-corrected chi connectivity index (χ1v) is 9.62. The number of carbonyl (C=O) groups is 2. The van der Waals surface area contributed by atoms with Crippen LogP contribution in [0.25, 0.3) is 5.76 Å². The predicted molar refractivity (Wildman–Crippen MR) is 116 cm³/mol. The van der Waals surface area contributed by atoms with Crippen molar-refractivity contribution in [1.29, 1.82) is 0 Å². The summed E-state index contributed by atoms with van der Waals surface area (Å²) < 4.78 is 0. The van der Waals surface area contributed by atoms with Crippen LogP contribution in [0.5, 0.6) is 0 Å². The summed E-state index contributed by atoms with van der Waals surface area (Å²) in [5.74, 6) is -2.04. The van der Waals surface area contributed by atoms with E-state index in [1.807, 2.05) is 0 Å². The van der Waals surface area contributed by atoms with E-state index in [1.165, 1.54) is 29.2 Å². The molecule has 3 aromatic rings. The molecule has 4 rings (SSSR count). The molecule has 1 aliphatic heterocycles. The third-order valence-electron chi connectivity index (χ3n) is 5.02. The maximum absolute atomic E-state index is 13.0. The smallest absolute Gasteiger partial charge is 0.300 e. The highest BCUT2D eigenvalue weighted by Gasteiger charge is 2.46. The fraction of sp³-hybridized carbons (Fsp3) is 0.0435. The quantitative estimate of drug-likeness (QED) is 0.207. The molecule has 8 heteroatoms. The van der Waals surface area contributed by atoms with Gasteiger partial charge >= 0.3 is 0 Å². The topological polar surface area (TPSA) is 101 Å². The number of Topliss-reactive ketones (excluding diaryl/α,β-unsaturated/α-hetero) is 1.